The summed E-state index contributed by atoms with van der Waals surface area (Å²) in [7, 11) is 0. The van der Waals surface area contributed by atoms with E-state index in [1.165, 1.54) is 5.56 Å². The van der Waals surface area contributed by atoms with Gasteiger partial charge in [-0.05, 0) is 30.2 Å². The van der Waals surface area contributed by atoms with Gasteiger partial charge >= 0.3 is 0 Å². The second-order valence-electron chi connectivity index (χ2n) is 4.20. The first-order valence-electron chi connectivity index (χ1n) is 6.01. The minimum Gasteiger partial charge on any atom is -0.265 e. The minimum atomic E-state index is 0.856. The van der Waals surface area contributed by atoms with E-state index in [-0.39, 0.29) is 0 Å². The topological polar surface area (TPSA) is 38.7 Å². The third-order valence-electron chi connectivity index (χ3n) is 2.93. The van der Waals surface area contributed by atoms with Crippen molar-refractivity contribution >= 4 is 10.9 Å². The van der Waals surface area contributed by atoms with Gasteiger partial charge in [-0.2, -0.15) is 0 Å². The summed E-state index contributed by atoms with van der Waals surface area (Å²) < 4.78 is 0. The smallest absolute Gasteiger partial charge is 0.129 e. The van der Waals surface area contributed by atoms with Crippen LogP contribution in [0.15, 0.2) is 55.0 Å². The Kier molecular flexibility index (Phi) is 2.96. The van der Waals surface area contributed by atoms with Gasteiger partial charge in [0.25, 0.3) is 0 Å². The molecule has 0 bridgehead atoms. The SMILES string of the molecule is c1ccc2nc(CCc3ccncc3)ncc2c1. The van der Waals surface area contributed by atoms with Gasteiger partial charge < -0.3 is 0 Å². The summed E-state index contributed by atoms with van der Waals surface area (Å²) in [5.41, 5.74) is 2.28. The second-order valence-corrected chi connectivity index (χ2v) is 4.20. The van der Waals surface area contributed by atoms with Crippen LogP contribution in [0, 0.1) is 0 Å². The number of hydrogen-bond acceptors (Lipinski definition) is 3. The molecule has 3 aromatic rings. The van der Waals surface area contributed by atoms with Gasteiger partial charge in [-0.15, -0.1) is 0 Å². The highest BCUT2D eigenvalue weighted by molar-refractivity contribution is 5.77. The van der Waals surface area contributed by atoms with Gasteiger partial charge in [-0.3, -0.25) is 4.98 Å². The largest absolute Gasteiger partial charge is 0.265 e. The van der Waals surface area contributed by atoms with Crippen molar-refractivity contribution in [1.82, 2.24) is 15.0 Å². The van der Waals surface area contributed by atoms with Crippen molar-refractivity contribution in [2.45, 2.75) is 12.8 Å². The number of pyridine rings is 1. The first-order valence-corrected chi connectivity index (χ1v) is 6.01. The predicted octanol–water partition coefficient (Wildman–Crippen LogP) is 2.81. The fourth-order valence-corrected chi connectivity index (χ4v) is 1.94. The maximum atomic E-state index is 4.56. The second kappa shape index (κ2) is 4.92. The average Bonchev–Trinajstić information content (AvgIpc) is 2.46. The fraction of sp³-hybridized carbons (Fsp3) is 0.133. The van der Waals surface area contributed by atoms with Crippen molar-refractivity contribution < 1.29 is 0 Å². The average molecular weight is 235 g/mol. The molecular formula is C15H13N3. The third kappa shape index (κ3) is 2.35. The molecular weight excluding hydrogens is 222 g/mol. The van der Waals surface area contributed by atoms with Crippen LogP contribution in [-0.2, 0) is 12.8 Å². The number of benzene rings is 1. The summed E-state index contributed by atoms with van der Waals surface area (Å²) in [6.45, 7) is 0. The van der Waals surface area contributed by atoms with E-state index in [9.17, 15) is 0 Å². The van der Waals surface area contributed by atoms with Crippen LogP contribution >= 0.6 is 0 Å². The number of para-hydroxylation sites is 1. The molecule has 0 amide bonds. The van der Waals surface area contributed by atoms with Crippen LogP contribution < -0.4 is 0 Å². The first kappa shape index (κ1) is 10.8. The van der Waals surface area contributed by atoms with Gasteiger partial charge in [0, 0.05) is 30.4 Å². The van der Waals surface area contributed by atoms with E-state index in [2.05, 4.69) is 15.0 Å². The van der Waals surface area contributed by atoms with Crippen LogP contribution in [-0.4, -0.2) is 15.0 Å². The van der Waals surface area contributed by atoms with Gasteiger partial charge in [0.15, 0.2) is 0 Å². The van der Waals surface area contributed by atoms with E-state index in [0.29, 0.717) is 0 Å². The van der Waals surface area contributed by atoms with E-state index in [1.54, 1.807) is 0 Å². The highest BCUT2D eigenvalue weighted by atomic mass is 14.9. The Bertz CT molecular complexity index is 650. The Labute approximate surface area is 106 Å². The van der Waals surface area contributed by atoms with Crippen molar-refractivity contribution in [3.8, 4) is 0 Å². The molecule has 0 saturated carbocycles. The molecule has 0 aliphatic carbocycles. The molecule has 0 spiro atoms. The zero-order chi connectivity index (χ0) is 12.2. The lowest BCUT2D eigenvalue weighted by Crippen LogP contribution is -1.98. The zero-order valence-corrected chi connectivity index (χ0v) is 9.95. The highest BCUT2D eigenvalue weighted by Crippen LogP contribution is 2.10. The lowest BCUT2D eigenvalue weighted by molar-refractivity contribution is 0.868. The Balaban J connectivity index is 1.79. The van der Waals surface area contributed by atoms with E-state index in [0.717, 1.165) is 29.6 Å². The molecule has 0 unspecified atom stereocenters. The standard InChI is InChI=1S/C15H13N3/c1-2-4-14-13(3-1)11-17-15(18-14)6-5-12-7-9-16-10-8-12/h1-4,7-11H,5-6H2. The molecule has 0 aliphatic heterocycles. The van der Waals surface area contributed by atoms with Crippen LogP contribution in [0.2, 0.25) is 0 Å². The van der Waals surface area contributed by atoms with E-state index in [1.807, 2.05) is 55.0 Å². The van der Waals surface area contributed by atoms with Crippen LogP contribution in [0.4, 0.5) is 0 Å². The van der Waals surface area contributed by atoms with Gasteiger partial charge in [-0.25, -0.2) is 9.97 Å². The zero-order valence-electron chi connectivity index (χ0n) is 9.95. The quantitative estimate of drug-likeness (QED) is 0.700. The highest BCUT2D eigenvalue weighted by Gasteiger charge is 2.00. The Morgan fingerprint density at radius 3 is 2.61 bits per heavy atom. The Hall–Kier alpha value is -2.29. The fourth-order valence-electron chi connectivity index (χ4n) is 1.94. The summed E-state index contributed by atoms with van der Waals surface area (Å²) in [6.07, 6.45) is 7.33. The van der Waals surface area contributed by atoms with E-state index < -0.39 is 0 Å². The van der Waals surface area contributed by atoms with Crippen LogP contribution in [0.25, 0.3) is 10.9 Å². The molecule has 1 aromatic carbocycles. The molecule has 3 nitrogen and oxygen atoms in total. The lowest BCUT2D eigenvalue weighted by Gasteiger charge is -2.02. The van der Waals surface area contributed by atoms with Crippen molar-refractivity contribution in [1.29, 1.82) is 0 Å². The van der Waals surface area contributed by atoms with Gasteiger partial charge in [0.2, 0.25) is 0 Å². The number of hydrogen-bond donors (Lipinski definition) is 0. The molecule has 2 heterocycles. The van der Waals surface area contributed by atoms with Crippen molar-refractivity contribution in [3.63, 3.8) is 0 Å². The summed E-state index contributed by atoms with van der Waals surface area (Å²) in [4.78, 5) is 13.0. The van der Waals surface area contributed by atoms with E-state index in [4.69, 9.17) is 0 Å². The predicted molar refractivity (Wildman–Crippen MR) is 71.2 cm³/mol. The Morgan fingerprint density at radius 2 is 1.72 bits per heavy atom. The number of aromatic nitrogens is 3. The minimum absolute atomic E-state index is 0.856. The third-order valence-corrected chi connectivity index (χ3v) is 2.93. The number of aryl methyl sites for hydroxylation is 2. The molecule has 88 valence electrons. The number of fused-ring (bicyclic) bond motifs is 1. The number of nitrogens with zero attached hydrogens (tertiary/aromatic N) is 3. The maximum absolute atomic E-state index is 4.56. The molecule has 0 atom stereocenters. The van der Waals surface area contributed by atoms with Crippen molar-refractivity contribution in [2.24, 2.45) is 0 Å². The molecule has 2 aromatic heterocycles. The van der Waals surface area contributed by atoms with Gasteiger partial charge in [0.1, 0.15) is 5.82 Å². The van der Waals surface area contributed by atoms with E-state index >= 15 is 0 Å². The molecule has 18 heavy (non-hydrogen) atoms. The molecule has 0 aliphatic rings. The Morgan fingerprint density at radius 1 is 0.889 bits per heavy atom. The summed E-state index contributed by atoms with van der Waals surface area (Å²) in [5, 5.41) is 1.09. The van der Waals surface area contributed by atoms with Crippen molar-refractivity contribution in [2.75, 3.05) is 0 Å². The molecule has 0 fully saturated rings. The number of rotatable bonds is 3. The van der Waals surface area contributed by atoms with Gasteiger partial charge in [-0.1, -0.05) is 18.2 Å². The lowest BCUT2D eigenvalue weighted by atomic mass is 10.1. The van der Waals surface area contributed by atoms with Crippen LogP contribution in [0.1, 0.15) is 11.4 Å². The molecule has 3 heteroatoms. The first-order chi connectivity index (χ1) is 8.92. The monoisotopic (exact) mass is 235 g/mol. The molecule has 3 rings (SSSR count). The maximum Gasteiger partial charge on any atom is 0.129 e. The summed E-state index contributed by atoms with van der Waals surface area (Å²) >= 11 is 0. The van der Waals surface area contributed by atoms with Crippen LogP contribution in [0.3, 0.4) is 0 Å². The van der Waals surface area contributed by atoms with Gasteiger partial charge in [0.05, 0.1) is 5.52 Å². The summed E-state index contributed by atoms with van der Waals surface area (Å²) in [6, 6.07) is 12.1. The van der Waals surface area contributed by atoms with Crippen molar-refractivity contribution in [3.05, 3.63) is 66.4 Å². The molecule has 0 N–H and O–H groups in total. The summed E-state index contributed by atoms with van der Waals surface area (Å²) in [5.74, 6) is 0.894. The normalized spacial score (nSPS) is 10.7. The van der Waals surface area contributed by atoms with Crippen LogP contribution in [0.5, 0.6) is 0 Å². The molecule has 0 radical (unpaired) electrons. The molecule has 0 saturated heterocycles.